The van der Waals surface area contributed by atoms with Crippen molar-refractivity contribution in [2.45, 2.75) is 6.42 Å². The summed E-state index contributed by atoms with van der Waals surface area (Å²) in [7, 11) is 1.49. The molecule has 0 saturated heterocycles. The van der Waals surface area contributed by atoms with Gasteiger partial charge in [0.15, 0.2) is 11.5 Å². The quantitative estimate of drug-likeness (QED) is 0.669. The molecule has 0 unspecified atom stereocenters. The van der Waals surface area contributed by atoms with Crippen LogP contribution in [0.1, 0.15) is 11.1 Å². The highest BCUT2D eigenvalue weighted by molar-refractivity contribution is 5.90. The van der Waals surface area contributed by atoms with E-state index in [9.17, 15) is 5.11 Å². The van der Waals surface area contributed by atoms with E-state index in [1.807, 2.05) is 6.07 Å². The molecule has 22 heavy (non-hydrogen) atoms. The third-order valence-corrected chi connectivity index (χ3v) is 3.43. The molecule has 0 radical (unpaired) electrons. The third-order valence-electron chi connectivity index (χ3n) is 3.43. The SMILES string of the molecule is COc1cc(Cc2cnc(N)nc2N)c2cccnc2c1O. The molecule has 0 aliphatic heterocycles. The van der Waals surface area contributed by atoms with Crippen LogP contribution in [0.5, 0.6) is 11.5 Å². The van der Waals surface area contributed by atoms with Crippen LogP contribution in [-0.4, -0.2) is 27.2 Å². The van der Waals surface area contributed by atoms with Gasteiger partial charge in [0.2, 0.25) is 5.95 Å². The van der Waals surface area contributed by atoms with Crippen LogP contribution in [-0.2, 0) is 6.42 Å². The first-order valence-corrected chi connectivity index (χ1v) is 6.60. The van der Waals surface area contributed by atoms with Crippen molar-refractivity contribution in [1.29, 1.82) is 0 Å². The molecule has 0 atom stereocenters. The molecule has 112 valence electrons. The second-order valence-electron chi connectivity index (χ2n) is 4.80. The van der Waals surface area contributed by atoms with Crippen molar-refractivity contribution < 1.29 is 9.84 Å². The average Bonchev–Trinajstić information content (AvgIpc) is 2.52. The molecule has 0 amide bonds. The number of aromatic nitrogens is 3. The van der Waals surface area contributed by atoms with Crippen molar-refractivity contribution in [1.82, 2.24) is 15.0 Å². The van der Waals surface area contributed by atoms with E-state index in [2.05, 4.69) is 15.0 Å². The number of hydrogen-bond donors (Lipinski definition) is 3. The van der Waals surface area contributed by atoms with E-state index in [1.165, 1.54) is 7.11 Å². The number of benzene rings is 1. The van der Waals surface area contributed by atoms with Gasteiger partial charge in [-0.15, -0.1) is 0 Å². The summed E-state index contributed by atoms with van der Waals surface area (Å²) in [6.07, 6.45) is 3.69. The molecule has 0 bridgehead atoms. The molecule has 0 fully saturated rings. The van der Waals surface area contributed by atoms with Crippen LogP contribution in [0, 0.1) is 0 Å². The van der Waals surface area contributed by atoms with Crippen LogP contribution in [0.3, 0.4) is 0 Å². The molecule has 2 heterocycles. The number of nitrogens with zero attached hydrogens (tertiary/aromatic N) is 3. The zero-order chi connectivity index (χ0) is 15.7. The van der Waals surface area contributed by atoms with Crippen LogP contribution in [0.4, 0.5) is 11.8 Å². The highest BCUT2D eigenvalue weighted by atomic mass is 16.5. The minimum Gasteiger partial charge on any atom is -0.503 e. The topological polar surface area (TPSA) is 120 Å². The van der Waals surface area contributed by atoms with Gasteiger partial charge in [-0.2, -0.15) is 4.98 Å². The molecular formula is C15H15N5O2. The van der Waals surface area contributed by atoms with Gasteiger partial charge in [-0.3, -0.25) is 4.98 Å². The van der Waals surface area contributed by atoms with Crippen LogP contribution in [0.15, 0.2) is 30.6 Å². The summed E-state index contributed by atoms with van der Waals surface area (Å²) in [5.74, 6) is 0.840. The first kappa shape index (κ1) is 13.9. The first-order chi connectivity index (χ1) is 10.6. The van der Waals surface area contributed by atoms with Crippen LogP contribution < -0.4 is 16.2 Å². The molecule has 0 saturated carbocycles. The maximum atomic E-state index is 10.2. The molecule has 2 aromatic heterocycles. The predicted octanol–water partition coefficient (Wildman–Crippen LogP) is 1.49. The lowest BCUT2D eigenvalue weighted by Crippen LogP contribution is -2.04. The van der Waals surface area contributed by atoms with Gasteiger partial charge in [0, 0.05) is 29.8 Å². The summed E-state index contributed by atoms with van der Waals surface area (Å²) in [4.78, 5) is 12.1. The lowest BCUT2D eigenvalue weighted by atomic mass is 10.0. The second-order valence-corrected chi connectivity index (χ2v) is 4.80. The molecule has 7 nitrogen and oxygen atoms in total. The van der Waals surface area contributed by atoms with E-state index in [1.54, 1.807) is 24.5 Å². The van der Waals surface area contributed by atoms with Crippen molar-refractivity contribution in [2.24, 2.45) is 0 Å². The molecule has 0 aliphatic carbocycles. The van der Waals surface area contributed by atoms with Crippen LogP contribution in [0.2, 0.25) is 0 Å². The Morgan fingerprint density at radius 3 is 2.77 bits per heavy atom. The number of methoxy groups -OCH3 is 1. The lowest BCUT2D eigenvalue weighted by Gasteiger charge is -2.12. The van der Waals surface area contributed by atoms with E-state index >= 15 is 0 Å². The van der Waals surface area contributed by atoms with E-state index in [0.29, 0.717) is 23.5 Å². The van der Waals surface area contributed by atoms with Crippen molar-refractivity contribution in [3.05, 3.63) is 41.7 Å². The summed E-state index contributed by atoms with van der Waals surface area (Å²) >= 11 is 0. The van der Waals surface area contributed by atoms with Crippen LogP contribution in [0.25, 0.3) is 10.9 Å². The second kappa shape index (κ2) is 5.36. The highest BCUT2D eigenvalue weighted by Gasteiger charge is 2.14. The van der Waals surface area contributed by atoms with Gasteiger partial charge >= 0.3 is 0 Å². The number of anilines is 2. The maximum absolute atomic E-state index is 10.2. The van der Waals surface area contributed by atoms with Crippen molar-refractivity contribution in [2.75, 3.05) is 18.6 Å². The zero-order valence-electron chi connectivity index (χ0n) is 11.9. The van der Waals surface area contributed by atoms with E-state index in [0.717, 1.165) is 16.5 Å². The van der Waals surface area contributed by atoms with Gasteiger partial charge in [-0.05, 0) is 17.7 Å². The lowest BCUT2D eigenvalue weighted by molar-refractivity contribution is 0.375. The average molecular weight is 297 g/mol. The molecule has 0 spiro atoms. The fraction of sp³-hybridized carbons (Fsp3) is 0.133. The standard InChI is InChI=1S/C15H15N5O2/c1-22-11-6-8(5-9-7-19-15(17)20-14(9)16)10-3-2-4-18-12(10)13(11)21/h2-4,6-7,21H,5H2,1H3,(H4,16,17,19,20). The van der Waals surface area contributed by atoms with Crippen molar-refractivity contribution in [3.63, 3.8) is 0 Å². The number of hydrogen-bond acceptors (Lipinski definition) is 7. The summed E-state index contributed by atoms with van der Waals surface area (Å²) in [6, 6.07) is 5.45. The van der Waals surface area contributed by atoms with Gasteiger partial charge < -0.3 is 21.3 Å². The Balaban J connectivity index is 2.16. The number of rotatable bonds is 3. The first-order valence-electron chi connectivity index (χ1n) is 6.60. The van der Waals surface area contributed by atoms with Crippen molar-refractivity contribution in [3.8, 4) is 11.5 Å². The number of nitrogens with two attached hydrogens (primary N) is 2. The van der Waals surface area contributed by atoms with Gasteiger partial charge in [-0.1, -0.05) is 6.07 Å². The van der Waals surface area contributed by atoms with E-state index in [4.69, 9.17) is 16.2 Å². The number of phenolic OH excluding ortho intramolecular Hbond substituents is 1. The van der Waals surface area contributed by atoms with Gasteiger partial charge in [-0.25, -0.2) is 4.98 Å². The highest BCUT2D eigenvalue weighted by Crippen LogP contribution is 2.36. The summed E-state index contributed by atoms with van der Waals surface area (Å²) in [5, 5.41) is 11.0. The molecule has 0 aliphatic rings. The monoisotopic (exact) mass is 297 g/mol. The molecule has 3 rings (SSSR count). The molecular weight excluding hydrogens is 282 g/mol. The molecule has 3 aromatic rings. The summed E-state index contributed by atoms with van der Waals surface area (Å²) in [5.41, 5.74) is 13.5. The Hall–Kier alpha value is -3.09. The minimum atomic E-state index is 0.0170. The third kappa shape index (κ3) is 2.32. The number of nitrogen functional groups attached to an aromatic ring is 2. The Morgan fingerprint density at radius 1 is 1.23 bits per heavy atom. The van der Waals surface area contributed by atoms with Gasteiger partial charge in [0.25, 0.3) is 0 Å². The fourth-order valence-corrected chi connectivity index (χ4v) is 2.35. The fourth-order valence-electron chi connectivity index (χ4n) is 2.35. The normalized spacial score (nSPS) is 10.8. The van der Waals surface area contributed by atoms with Crippen molar-refractivity contribution >= 4 is 22.7 Å². The summed E-state index contributed by atoms with van der Waals surface area (Å²) in [6.45, 7) is 0. The molecule has 1 aromatic carbocycles. The number of phenols is 1. The Kier molecular flexibility index (Phi) is 3.38. The smallest absolute Gasteiger partial charge is 0.221 e. The van der Waals surface area contributed by atoms with E-state index in [-0.39, 0.29) is 11.7 Å². The number of aromatic hydroxyl groups is 1. The number of fused-ring (bicyclic) bond motifs is 1. The number of pyridine rings is 1. The summed E-state index contributed by atoms with van der Waals surface area (Å²) < 4.78 is 5.21. The predicted molar refractivity (Wildman–Crippen MR) is 83.6 cm³/mol. The Bertz CT molecular complexity index is 851. The van der Waals surface area contributed by atoms with Gasteiger partial charge in [0.05, 0.1) is 7.11 Å². The number of ether oxygens (including phenoxy) is 1. The largest absolute Gasteiger partial charge is 0.503 e. The minimum absolute atomic E-state index is 0.0170. The van der Waals surface area contributed by atoms with Gasteiger partial charge in [0.1, 0.15) is 11.3 Å². The Labute approximate surface area is 126 Å². The van der Waals surface area contributed by atoms with E-state index < -0.39 is 0 Å². The Morgan fingerprint density at radius 2 is 2.05 bits per heavy atom. The zero-order valence-corrected chi connectivity index (χ0v) is 11.9. The maximum Gasteiger partial charge on any atom is 0.221 e. The van der Waals surface area contributed by atoms with Crippen LogP contribution >= 0.6 is 0 Å². The molecule has 7 heteroatoms. The molecule has 5 N–H and O–H groups in total.